The number of allylic oxidation sites excluding steroid dienone is 8. The molecule has 0 heterocycles. The standard InChI is InChI=1S/C56H103NO5/c1-4-7-10-13-16-19-22-24-26-27-29-30-33-35-38-41-44-47-52(62-56(61)49-46-43-40-37-34-31-28-25-23-20-17-14-11-8-5-2)50-55(60)57-53(51-58)54(59)48-45-42-39-36-32-21-18-15-12-9-6-3/h16-17,19-20,23-26,52-54,58-59H,4-15,18,21-22,27-51H2,1-3H3,(H,57,60)/b19-16-,20-17+,25-23+,26-24-. The lowest BCUT2D eigenvalue weighted by Crippen LogP contribution is -2.46. The highest BCUT2D eigenvalue weighted by Gasteiger charge is 2.24. The first-order chi connectivity index (χ1) is 30.5. The van der Waals surface area contributed by atoms with Crippen LogP contribution in [0, 0.1) is 0 Å². The van der Waals surface area contributed by atoms with E-state index in [1.54, 1.807) is 0 Å². The summed E-state index contributed by atoms with van der Waals surface area (Å²) >= 11 is 0. The molecule has 0 bridgehead atoms. The second-order valence-corrected chi connectivity index (χ2v) is 18.3. The normalized spacial score (nSPS) is 13.6. The van der Waals surface area contributed by atoms with Crippen molar-refractivity contribution >= 4 is 11.9 Å². The first-order valence-electron chi connectivity index (χ1n) is 26.9. The second kappa shape index (κ2) is 49.8. The fourth-order valence-electron chi connectivity index (χ4n) is 8.04. The van der Waals surface area contributed by atoms with Crippen LogP contribution in [0.2, 0.25) is 0 Å². The monoisotopic (exact) mass is 870 g/mol. The Balaban J connectivity index is 4.61. The van der Waals surface area contributed by atoms with Crippen molar-refractivity contribution in [1.29, 1.82) is 0 Å². The smallest absolute Gasteiger partial charge is 0.306 e. The minimum Gasteiger partial charge on any atom is -0.462 e. The zero-order valence-corrected chi connectivity index (χ0v) is 41.3. The molecule has 0 aliphatic carbocycles. The van der Waals surface area contributed by atoms with Gasteiger partial charge in [0.25, 0.3) is 0 Å². The fraction of sp³-hybridized carbons (Fsp3) is 0.821. The molecule has 3 atom stereocenters. The van der Waals surface area contributed by atoms with E-state index in [4.69, 9.17) is 4.74 Å². The van der Waals surface area contributed by atoms with Crippen molar-refractivity contribution in [3.05, 3.63) is 48.6 Å². The Morgan fingerprint density at radius 2 is 0.871 bits per heavy atom. The number of amides is 1. The molecule has 1 amide bonds. The van der Waals surface area contributed by atoms with Gasteiger partial charge < -0.3 is 20.3 Å². The number of nitrogens with one attached hydrogen (secondary N) is 1. The largest absolute Gasteiger partial charge is 0.462 e. The number of unbranched alkanes of at least 4 members (excludes halogenated alkanes) is 29. The Kier molecular flexibility index (Phi) is 48.1. The molecule has 0 spiro atoms. The third-order valence-corrected chi connectivity index (χ3v) is 12.2. The second-order valence-electron chi connectivity index (χ2n) is 18.3. The highest BCUT2D eigenvalue weighted by atomic mass is 16.5. The maximum absolute atomic E-state index is 13.2. The minimum atomic E-state index is -0.791. The average molecular weight is 870 g/mol. The molecule has 0 saturated carbocycles. The summed E-state index contributed by atoms with van der Waals surface area (Å²) in [7, 11) is 0. The number of rotatable bonds is 48. The Morgan fingerprint density at radius 3 is 1.35 bits per heavy atom. The number of hydrogen-bond acceptors (Lipinski definition) is 5. The third kappa shape index (κ3) is 44.4. The zero-order valence-electron chi connectivity index (χ0n) is 41.3. The average Bonchev–Trinajstić information content (AvgIpc) is 3.26. The molecular formula is C56H103NO5. The first kappa shape index (κ1) is 59.8. The van der Waals surface area contributed by atoms with Gasteiger partial charge >= 0.3 is 5.97 Å². The van der Waals surface area contributed by atoms with Gasteiger partial charge in [-0.25, -0.2) is 0 Å². The summed E-state index contributed by atoms with van der Waals surface area (Å²) in [4.78, 5) is 26.2. The Bertz CT molecular complexity index is 1070. The van der Waals surface area contributed by atoms with E-state index in [1.165, 1.54) is 148 Å². The molecule has 0 saturated heterocycles. The predicted molar refractivity (Wildman–Crippen MR) is 269 cm³/mol. The van der Waals surface area contributed by atoms with Gasteiger partial charge in [-0.3, -0.25) is 9.59 Å². The van der Waals surface area contributed by atoms with Gasteiger partial charge in [-0.15, -0.1) is 0 Å². The van der Waals surface area contributed by atoms with Crippen LogP contribution in [0.3, 0.4) is 0 Å². The number of aliphatic hydroxyl groups is 2. The quantitative estimate of drug-likeness (QED) is 0.0245. The first-order valence-corrected chi connectivity index (χ1v) is 26.9. The summed E-state index contributed by atoms with van der Waals surface area (Å²) in [5.74, 6) is -0.488. The minimum absolute atomic E-state index is 0.0681. The molecule has 6 heteroatoms. The van der Waals surface area contributed by atoms with Crippen LogP contribution in [0.5, 0.6) is 0 Å². The van der Waals surface area contributed by atoms with Gasteiger partial charge in [0.2, 0.25) is 5.91 Å². The van der Waals surface area contributed by atoms with Crippen LogP contribution in [0.4, 0.5) is 0 Å². The van der Waals surface area contributed by atoms with Crippen molar-refractivity contribution in [1.82, 2.24) is 5.32 Å². The van der Waals surface area contributed by atoms with Crippen molar-refractivity contribution in [3.63, 3.8) is 0 Å². The van der Waals surface area contributed by atoms with Gasteiger partial charge in [0.1, 0.15) is 6.10 Å². The van der Waals surface area contributed by atoms with Crippen LogP contribution in [0.1, 0.15) is 271 Å². The molecule has 0 rings (SSSR count). The fourth-order valence-corrected chi connectivity index (χ4v) is 8.04. The number of hydrogen-bond donors (Lipinski definition) is 3. The molecule has 3 N–H and O–H groups in total. The number of carbonyl (C=O) groups excluding carboxylic acids is 2. The Hall–Kier alpha value is -2.18. The van der Waals surface area contributed by atoms with Gasteiger partial charge in [0.05, 0.1) is 25.2 Å². The van der Waals surface area contributed by atoms with E-state index in [2.05, 4.69) is 74.7 Å². The number of ether oxygens (including phenoxy) is 1. The van der Waals surface area contributed by atoms with Gasteiger partial charge in [-0.2, -0.15) is 0 Å². The summed E-state index contributed by atoms with van der Waals surface area (Å²) in [6.45, 7) is 6.43. The summed E-state index contributed by atoms with van der Waals surface area (Å²) in [5.41, 5.74) is 0. The van der Waals surface area contributed by atoms with Gasteiger partial charge in [-0.05, 0) is 83.5 Å². The van der Waals surface area contributed by atoms with Gasteiger partial charge in [0, 0.05) is 6.42 Å². The van der Waals surface area contributed by atoms with Crippen LogP contribution < -0.4 is 5.32 Å². The molecule has 0 aliphatic heterocycles. The highest BCUT2D eigenvalue weighted by Crippen LogP contribution is 2.18. The topological polar surface area (TPSA) is 95.9 Å². The molecule has 0 aromatic rings. The van der Waals surface area contributed by atoms with Crippen LogP contribution >= 0.6 is 0 Å². The molecule has 62 heavy (non-hydrogen) atoms. The van der Waals surface area contributed by atoms with Crippen molar-refractivity contribution < 1.29 is 24.5 Å². The molecule has 0 aromatic heterocycles. The lowest BCUT2D eigenvalue weighted by atomic mass is 10.0. The van der Waals surface area contributed by atoms with E-state index in [-0.39, 0.29) is 24.9 Å². The van der Waals surface area contributed by atoms with Crippen LogP contribution in [0.25, 0.3) is 0 Å². The molecule has 0 fully saturated rings. The Labute approximate surface area is 385 Å². The maximum atomic E-state index is 13.2. The molecule has 0 radical (unpaired) electrons. The number of aliphatic hydroxyl groups excluding tert-OH is 2. The van der Waals surface area contributed by atoms with E-state index in [1.807, 2.05) is 0 Å². The maximum Gasteiger partial charge on any atom is 0.306 e. The number of carbonyl (C=O) groups is 2. The highest BCUT2D eigenvalue weighted by molar-refractivity contribution is 5.77. The summed E-state index contributed by atoms with van der Waals surface area (Å²) < 4.78 is 5.94. The van der Waals surface area contributed by atoms with E-state index in [9.17, 15) is 19.8 Å². The summed E-state index contributed by atoms with van der Waals surface area (Å²) in [6, 6.07) is -0.706. The van der Waals surface area contributed by atoms with Crippen LogP contribution in [-0.4, -0.2) is 46.9 Å². The SMILES string of the molecule is CCCCC/C=C\C/C=C\CCCCCCCCCC(CC(=O)NC(CO)C(O)CCCCCCCCCCCCC)OC(=O)CCCCCCCC/C=C/C=C/CCCCC. The van der Waals surface area contributed by atoms with Crippen LogP contribution in [-0.2, 0) is 14.3 Å². The molecule has 362 valence electrons. The van der Waals surface area contributed by atoms with Gasteiger partial charge in [-0.1, -0.05) is 223 Å². The molecule has 0 aromatic carbocycles. The van der Waals surface area contributed by atoms with Crippen molar-refractivity contribution in [2.75, 3.05) is 6.61 Å². The van der Waals surface area contributed by atoms with Crippen molar-refractivity contribution in [2.24, 2.45) is 0 Å². The lowest BCUT2D eigenvalue weighted by molar-refractivity contribution is -0.151. The third-order valence-electron chi connectivity index (χ3n) is 12.2. The molecule has 6 nitrogen and oxygen atoms in total. The number of esters is 1. The Morgan fingerprint density at radius 1 is 0.484 bits per heavy atom. The lowest BCUT2D eigenvalue weighted by Gasteiger charge is -2.24. The summed E-state index contributed by atoms with van der Waals surface area (Å²) in [5, 5.41) is 23.8. The van der Waals surface area contributed by atoms with Gasteiger partial charge in [0.15, 0.2) is 0 Å². The molecule has 3 unspecified atom stereocenters. The van der Waals surface area contributed by atoms with E-state index in [0.717, 1.165) is 77.0 Å². The molecular weight excluding hydrogens is 767 g/mol. The molecule has 0 aliphatic rings. The van der Waals surface area contributed by atoms with Crippen LogP contribution in [0.15, 0.2) is 48.6 Å². The summed E-state index contributed by atoms with van der Waals surface area (Å²) in [6.07, 6.45) is 60.2. The van der Waals surface area contributed by atoms with E-state index in [0.29, 0.717) is 19.3 Å². The van der Waals surface area contributed by atoms with E-state index >= 15 is 0 Å². The van der Waals surface area contributed by atoms with Crippen molar-refractivity contribution in [3.8, 4) is 0 Å². The zero-order chi connectivity index (χ0) is 45.2. The predicted octanol–water partition coefficient (Wildman–Crippen LogP) is 16.2. The van der Waals surface area contributed by atoms with E-state index < -0.39 is 18.2 Å². The van der Waals surface area contributed by atoms with Crippen molar-refractivity contribution in [2.45, 2.75) is 289 Å².